The molecule has 1 fully saturated rings. The van der Waals surface area contributed by atoms with E-state index in [9.17, 15) is 0 Å². The fourth-order valence-electron chi connectivity index (χ4n) is 2.01. The van der Waals surface area contributed by atoms with Gasteiger partial charge in [-0.25, -0.2) is 5.32 Å². The van der Waals surface area contributed by atoms with Crippen molar-refractivity contribution in [2.45, 2.75) is 45.6 Å². The van der Waals surface area contributed by atoms with E-state index < -0.39 is 0 Å². The Morgan fingerprint density at radius 2 is 2.15 bits per heavy atom. The van der Waals surface area contributed by atoms with Gasteiger partial charge in [0.2, 0.25) is 0 Å². The lowest BCUT2D eigenvalue weighted by Crippen LogP contribution is -2.24. The Morgan fingerprint density at radius 3 is 2.85 bits per heavy atom. The maximum atomic E-state index is 4.65. The third-order valence-corrected chi connectivity index (χ3v) is 2.71. The highest BCUT2D eigenvalue weighted by Crippen LogP contribution is 2.18. The third kappa shape index (κ3) is 4.10. The Bertz CT molecular complexity index is 125. The molecule has 1 radical (unpaired) electrons. The van der Waals surface area contributed by atoms with Crippen molar-refractivity contribution >= 4 is 0 Å². The standard InChI is InChI=1S/C11H23N2/c1-3-5-11-7-10(9-13-11)8-12-6-4-2/h10-12H,3-9H2,1-2H3. The summed E-state index contributed by atoms with van der Waals surface area (Å²) in [6.45, 7) is 7.90. The predicted octanol–water partition coefficient (Wildman–Crippen LogP) is 1.78. The topological polar surface area (TPSA) is 26.1 Å². The average molecular weight is 183 g/mol. The molecule has 1 N–H and O–H groups in total. The highest BCUT2D eigenvalue weighted by molar-refractivity contribution is 4.81. The minimum absolute atomic E-state index is 0.679. The zero-order chi connectivity index (χ0) is 9.52. The monoisotopic (exact) mass is 183 g/mol. The van der Waals surface area contributed by atoms with Crippen LogP contribution in [0.5, 0.6) is 0 Å². The molecule has 1 saturated heterocycles. The van der Waals surface area contributed by atoms with E-state index in [4.69, 9.17) is 0 Å². The van der Waals surface area contributed by atoms with E-state index in [2.05, 4.69) is 24.5 Å². The van der Waals surface area contributed by atoms with Crippen LogP contribution in [0.4, 0.5) is 0 Å². The summed E-state index contributed by atoms with van der Waals surface area (Å²) in [5, 5.41) is 8.13. The molecule has 0 amide bonds. The van der Waals surface area contributed by atoms with Gasteiger partial charge in [0.1, 0.15) is 0 Å². The molecule has 0 bridgehead atoms. The molecule has 2 unspecified atom stereocenters. The normalized spacial score (nSPS) is 28.2. The van der Waals surface area contributed by atoms with Crippen molar-refractivity contribution in [2.75, 3.05) is 19.6 Å². The molecule has 2 nitrogen and oxygen atoms in total. The largest absolute Gasteiger partial charge is 0.316 e. The van der Waals surface area contributed by atoms with Crippen molar-refractivity contribution in [3.05, 3.63) is 0 Å². The van der Waals surface area contributed by atoms with Gasteiger partial charge in [-0.3, -0.25) is 0 Å². The van der Waals surface area contributed by atoms with Crippen molar-refractivity contribution in [3.8, 4) is 0 Å². The number of nitrogens with zero attached hydrogens (tertiary/aromatic N) is 1. The van der Waals surface area contributed by atoms with Crippen LogP contribution in [0.25, 0.3) is 0 Å². The summed E-state index contributed by atoms with van der Waals surface area (Å²) in [6, 6.07) is 0.679. The summed E-state index contributed by atoms with van der Waals surface area (Å²) in [4.78, 5) is 0. The zero-order valence-corrected chi connectivity index (χ0v) is 9.05. The van der Waals surface area contributed by atoms with Crippen LogP contribution in [0.15, 0.2) is 0 Å². The Hall–Kier alpha value is -0.0800. The van der Waals surface area contributed by atoms with Crippen LogP contribution in [0, 0.1) is 5.92 Å². The lowest BCUT2D eigenvalue weighted by molar-refractivity contribution is 0.488. The van der Waals surface area contributed by atoms with Crippen LogP contribution >= 0.6 is 0 Å². The maximum absolute atomic E-state index is 4.65. The average Bonchev–Trinajstić information content (AvgIpc) is 2.54. The van der Waals surface area contributed by atoms with Gasteiger partial charge in [0, 0.05) is 12.6 Å². The summed E-state index contributed by atoms with van der Waals surface area (Å²) in [6.07, 6.45) is 5.14. The molecule has 1 aliphatic heterocycles. The summed E-state index contributed by atoms with van der Waals surface area (Å²) >= 11 is 0. The highest BCUT2D eigenvalue weighted by Gasteiger charge is 2.23. The van der Waals surface area contributed by atoms with Crippen molar-refractivity contribution in [1.82, 2.24) is 10.6 Å². The van der Waals surface area contributed by atoms with Gasteiger partial charge in [-0.15, -0.1) is 0 Å². The van der Waals surface area contributed by atoms with Crippen LogP contribution in [0.3, 0.4) is 0 Å². The van der Waals surface area contributed by atoms with E-state index >= 15 is 0 Å². The number of rotatable bonds is 6. The number of hydrogen-bond donors (Lipinski definition) is 1. The molecule has 1 rings (SSSR count). The van der Waals surface area contributed by atoms with Crippen molar-refractivity contribution in [1.29, 1.82) is 0 Å². The van der Waals surface area contributed by atoms with Gasteiger partial charge < -0.3 is 5.32 Å². The van der Waals surface area contributed by atoms with E-state index in [1.165, 1.54) is 32.2 Å². The lowest BCUT2D eigenvalue weighted by atomic mass is 10.0. The maximum Gasteiger partial charge on any atom is 0.0249 e. The van der Waals surface area contributed by atoms with Crippen molar-refractivity contribution in [3.63, 3.8) is 0 Å². The molecule has 0 spiro atoms. The van der Waals surface area contributed by atoms with E-state index in [0.717, 1.165) is 19.0 Å². The van der Waals surface area contributed by atoms with Crippen molar-refractivity contribution in [2.24, 2.45) is 5.92 Å². The molecule has 0 saturated carbocycles. The van der Waals surface area contributed by atoms with Crippen LogP contribution in [-0.4, -0.2) is 25.7 Å². The number of nitrogens with one attached hydrogen (secondary N) is 1. The molecule has 0 aromatic rings. The smallest absolute Gasteiger partial charge is 0.0249 e. The number of hydrogen-bond acceptors (Lipinski definition) is 1. The van der Waals surface area contributed by atoms with E-state index in [0.29, 0.717) is 6.04 Å². The fourth-order valence-corrected chi connectivity index (χ4v) is 2.01. The Labute approximate surface area is 82.5 Å². The molecular weight excluding hydrogens is 160 g/mol. The van der Waals surface area contributed by atoms with Gasteiger partial charge in [-0.2, -0.15) is 0 Å². The minimum atomic E-state index is 0.679. The second kappa shape index (κ2) is 6.39. The van der Waals surface area contributed by atoms with E-state index in [-0.39, 0.29) is 0 Å². The summed E-state index contributed by atoms with van der Waals surface area (Å²) < 4.78 is 0. The minimum Gasteiger partial charge on any atom is -0.316 e. The van der Waals surface area contributed by atoms with Crippen molar-refractivity contribution < 1.29 is 0 Å². The van der Waals surface area contributed by atoms with Crippen LogP contribution in [0.1, 0.15) is 39.5 Å². The van der Waals surface area contributed by atoms with Gasteiger partial charge in [-0.05, 0) is 38.3 Å². The summed E-state index contributed by atoms with van der Waals surface area (Å²) in [7, 11) is 0. The van der Waals surface area contributed by atoms with Gasteiger partial charge in [0.15, 0.2) is 0 Å². The van der Waals surface area contributed by atoms with E-state index in [1.807, 2.05) is 0 Å². The molecule has 2 heteroatoms. The van der Waals surface area contributed by atoms with Crippen LogP contribution in [-0.2, 0) is 0 Å². The van der Waals surface area contributed by atoms with Gasteiger partial charge in [0.05, 0.1) is 0 Å². The molecule has 1 heterocycles. The summed E-state index contributed by atoms with van der Waals surface area (Å²) in [5.41, 5.74) is 0. The fraction of sp³-hybridized carbons (Fsp3) is 1.00. The van der Waals surface area contributed by atoms with Gasteiger partial charge in [0.25, 0.3) is 0 Å². The molecular formula is C11H23N2. The van der Waals surface area contributed by atoms with E-state index in [1.54, 1.807) is 0 Å². The molecule has 0 aliphatic carbocycles. The first-order valence-corrected chi connectivity index (χ1v) is 5.74. The Balaban J connectivity index is 2.03. The zero-order valence-electron chi connectivity index (χ0n) is 9.05. The second-order valence-corrected chi connectivity index (χ2v) is 4.11. The lowest BCUT2D eigenvalue weighted by Gasteiger charge is -2.09. The predicted molar refractivity (Wildman–Crippen MR) is 57.0 cm³/mol. The SMILES string of the molecule is CCCNCC1C[N]C(CCC)C1. The third-order valence-electron chi connectivity index (χ3n) is 2.71. The molecule has 1 aliphatic rings. The molecule has 2 atom stereocenters. The van der Waals surface area contributed by atoms with Crippen LogP contribution in [0.2, 0.25) is 0 Å². The molecule has 13 heavy (non-hydrogen) atoms. The first-order chi connectivity index (χ1) is 6.36. The Morgan fingerprint density at radius 1 is 1.31 bits per heavy atom. The first-order valence-electron chi connectivity index (χ1n) is 5.74. The van der Waals surface area contributed by atoms with Crippen LogP contribution < -0.4 is 10.6 Å². The second-order valence-electron chi connectivity index (χ2n) is 4.11. The quantitative estimate of drug-likeness (QED) is 0.624. The molecule has 77 valence electrons. The Kier molecular flexibility index (Phi) is 5.40. The first kappa shape index (κ1) is 11.0. The molecule has 0 aromatic heterocycles. The summed E-state index contributed by atoms with van der Waals surface area (Å²) in [5.74, 6) is 0.822. The highest BCUT2D eigenvalue weighted by atomic mass is 15.0. The van der Waals surface area contributed by atoms with Gasteiger partial charge in [-0.1, -0.05) is 20.3 Å². The van der Waals surface area contributed by atoms with Gasteiger partial charge >= 0.3 is 0 Å². The molecule has 0 aromatic carbocycles.